The Morgan fingerprint density at radius 1 is 1.23 bits per heavy atom. The molecule has 0 atom stereocenters. The number of aromatic nitrogens is 2. The maximum absolute atomic E-state index is 13.0. The minimum Gasteiger partial charge on any atom is -0.442 e. The highest BCUT2D eigenvalue weighted by molar-refractivity contribution is 5.70. The fourth-order valence-electron chi connectivity index (χ4n) is 1.28. The third kappa shape index (κ3) is 6.61. The van der Waals surface area contributed by atoms with Crippen LogP contribution in [0.15, 0.2) is 15.8 Å². The van der Waals surface area contributed by atoms with Crippen LogP contribution >= 0.6 is 0 Å². The van der Waals surface area contributed by atoms with Crippen molar-refractivity contribution in [2.45, 2.75) is 6.73 Å². The molecule has 0 bridgehead atoms. The Kier molecular flexibility index (Phi) is 8.04. The molecule has 0 radical (unpaired) electrons. The lowest BCUT2D eigenvalue weighted by Gasteiger charge is -2.08. The second-order valence-corrected chi connectivity index (χ2v) is 4.01. The first kappa shape index (κ1) is 18.0. The van der Waals surface area contributed by atoms with Gasteiger partial charge in [-0.3, -0.25) is 14.3 Å². The van der Waals surface area contributed by atoms with E-state index in [0.29, 0.717) is 30.6 Å². The van der Waals surface area contributed by atoms with E-state index in [1.54, 1.807) is 12.1 Å². The molecule has 0 fully saturated rings. The predicted octanol–water partition coefficient (Wildman–Crippen LogP) is -1.14. The number of esters is 1. The third-order valence-corrected chi connectivity index (χ3v) is 2.36. The van der Waals surface area contributed by atoms with E-state index in [2.05, 4.69) is 0 Å². The Hall–Kier alpha value is -2.04. The van der Waals surface area contributed by atoms with Crippen LogP contribution in [-0.4, -0.2) is 55.7 Å². The number of nitrogens with zero attached hydrogens (tertiary/aromatic N) is 1. The van der Waals surface area contributed by atoms with Crippen LogP contribution in [0.2, 0.25) is 0 Å². The van der Waals surface area contributed by atoms with Gasteiger partial charge in [0.05, 0.1) is 32.6 Å². The van der Waals surface area contributed by atoms with Crippen molar-refractivity contribution >= 4 is 5.97 Å². The van der Waals surface area contributed by atoms with Crippen molar-refractivity contribution in [3.8, 4) is 0 Å². The van der Waals surface area contributed by atoms with Crippen molar-refractivity contribution < 1.29 is 28.1 Å². The number of methoxy groups -OCH3 is 1. The summed E-state index contributed by atoms with van der Waals surface area (Å²) in [6.07, 6.45) is 0.652. The number of hydrogen-bond donors (Lipinski definition) is 1. The first-order chi connectivity index (χ1) is 10.5. The lowest BCUT2D eigenvalue weighted by molar-refractivity contribution is -0.153. The third-order valence-electron chi connectivity index (χ3n) is 2.36. The van der Waals surface area contributed by atoms with Gasteiger partial charge in [0.1, 0.15) is 6.61 Å². The first-order valence-corrected chi connectivity index (χ1v) is 6.34. The number of ether oxygens (including phenoxy) is 4. The molecule has 0 aliphatic carbocycles. The predicted molar refractivity (Wildman–Crippen MR) is 70.9 cm³/mol. The number of carbonyl (C=O) groups is 1. The number of rotatable bonds is 10. The fourth-order valence-corrected chi connectivity index (χ4v) is 1.28. The molecule has 1 N–H and O–H groups in total. The van der Waals surface area contributed by atoms with E-state index in [-0.39, 0.29) is 13.2 Å². The molecule has 22 heavy (non-hydrogen) atoms. The van der Waals surface area contributed by atoms with Crippen molar-refractivity contribution in [1.82, 2.24) is 9.55 Å². The Morgan fingerprint density at radius 3 is 2.64 bits per heavy atom. The highest BCUT2D eigenvalue weighted by Crippen LogP contribution is 1.88. The van der Waals surface area contributed by atoms with Gasteiger partial charge in [-0.1, -0.05) is 0 Å². The van der Waals surface area contributed by atoms with Gasteiger partial charge >= 0.3 is 11.7 Å². The van der Waals surface area contributed by atoms with Gasteiger partial charge in [-0.25, -0.2) is 9.59 Å². The molecule has 0 spiro atoms. The summed E-state index contributed by atoms with van der Waals surface area (Å²) in [5, 5.41) is 0. The van der Waals surface area contributed by atoms with Gasteiger partial charge in [0.25, 0.3) is 5.56 Å². The zero-order valence-electron chi connectivity index (χ0n) is 12.0. The van der Waals surface area contributed by atoms with Gasteiger partial charge in [-0.2, -0.15) is 4.39 Å². The van der Waals surface area contributed by atoms with E-state index in [4.69, 9.17) is 18.9 Å². The van der Waals surface area contributed by atoms with Crippen LogP contribution in [0.5, 0.6) is 0 Å². The number of hydrogen-bond acceptors (Lipinski definition) is 7. The Morgan fingerprint density at radius 2 is 1.91 bits per heavy atom. The number of nitrogens with one attached hydrogen (secondary N) is 1. The van der Waals surface area contributed by atoms with Crippen LogP contribution in [0.4, 0.5) is 4.39 Å². The molecule has 0 aliphatic heterocycles. The lowest BCUT2D eigenvalue weighted by Crippen LogP contribution is -2.32. The van der Waals surface area contributed by atoms with Gasteiger partial charge in [0.15, 0.2) is 6.73 Å². The van der Waals surface area contributed by atoms with E-state index in [1.807, 2.05) is 0 Å². The summed E-state index contributed by atoms with van der Waals surface area (Å²) in [5.74, 6) is -1.89. The summed E-state index contributed by atoms with van der Waals surface area (Å²) in [5.41, 5.74) is -2.02. The van der Waals surface area contributed by atoms with Crippen LogP contribution in [0.25, 0.3) is 0 Å². The monoisotopic (exact) mass is 320 g/mol. The maximum atomic E-state index is 13.0. The topological polar surface area (TPSA) is 109 Å². The highest BCUT2D eigenvalue weighted by atomic mass is 19.1. The lowest BCUT2D eigenvalue weighted by atomic mass is 10.6. The molecule has 10 heteroatoms. The molecule has 1 aromatic rings. The standard InChI is InChI=1S/C12H17FN2O7/c1-19-2-3-20-4-5-21-7-10(16)22-8-15-6-9(13)11(17)14-12(15)18/h6H,2-5,7-8H2,1H3,(H,14,17,18). The van der Waals surface area contributed by atoms with E-state index in [1.165, 1.54) is 0 Å². The van der Waals surface area contributed by atoms with Crippen LogP contribution in [0.3, 0.4) is 0 Å². The van der Waals surface area contributed by atoms with Gasteiger partial charge in [-0.15, -0.1) is 0 Å². The number of halogens is 1. The van der Waals surface area contributed by atoms with Crippen LogP contribution < -0.4 is 11.2 Å². The van der Waals surface area contributed by atoms with E-state index in [9.17, 15) is 18.8 Å². The zero-order valence-corrected chi connectivity index (χ0v) is 12.0. The SMILES string of the molecule is COCCOCCOCC(=O)OCn1cc(F)c(=O)[nH]c1=O. The molecule has 0 saturated carbocycles. The second kappa shape index (κ2) is 9.82. The molecule has 1 rings (SSSR count). The maximum Gasteiger partial charge on any atom is 0.333 e. The molecular formula is C12H17FN2O7. The van der Waals surface area contributed by atoms with Gasteiger partial charge in [0, 0.05) is 7.11 Å². The van der Waals surface area contributed by atoms with Gasteiger partial charge in [-0.05, 0) is 0 Å². The Bertz CT molecular complexity index is 584. The number of aromatic amines is 1. The highest BCUT2D eigenvalue weighted by Gasteiger charge is 2.07. The fraction of sp³-hybridized carbons (Fsp3) is 0.583. The second-order valence-electron chi connectivity index (χ2n) is 4.01. The van der Waals surface area contributed by atoms with Crippen molar-refractivity contribution in [2.24, 2.45) is 0 Å². The number of H-pyrrole nitrogens is 1. The molecule has 1 aromatic heterocycles. The Balaban J connectivity index is 2.22. The average Bonchev–Trinajstić information content (AvgIpc) is 2.48. The molecule has 0 amide bonds. The van der Waals surface area contributed by atoms with E-state index < -0.39 is 29.8 Å². The van der Waals surface area contributed by atoms with Crippen molar-refractivity contribution in [2.75, 3.05) is 40.1 Å². The normalized spacial score (nSPS) is 10.6. The summed E-state index contributed by atoms with van der Waals surface area (Å²) in [6, 6.07) is 0. The summed E-state index contributed by atoms with van der Waals surface area (Å²) in [4.78, 5) is 35.1. The smallest absolute Gasteiger partial charge is 0.333 e. The summed E-state index contributed by atoms with van der Waals surface area (Å²) in [6.45, 7) is 0.498. The van der Waals surface area contributed by atoms with Crippen LogP contribution in [-0.2, 0) is 30.5 Å². The zero-order chi connectivity index (χ0) is 16.4. The van der Waals surface area contributed by atoms with E-state index in [0.717, 1.165) is 0 Å². The van der Waals surface area contributed by atoms with Crippen molar-refractivity contribution in [3.05, 3.63) is 32.9 Å². The van der Waals surface area contributed by atoms with Crippen LogP contribution in [0, 0.1) is 5.82 Å². The minimum atomic E-state index is -1.15. The van der Waals surface area contributed by atoms with Gasteiger partial charge < -0.3 is 18.9 Å². The van der Waals surface area contributed by atoms with E-state index >= 15 is 0 Å². The summed E-state index contributed by atoms with van der Waals surface area (Å²) < 4.78 is 33.2. The van der Waals surface area contributed by atoms with Crippen molar-refractivity contribution in [1.29, 1.82) is 0 Å². The largest absolute Gasteiger partial charge is 0.442 e. The quantitative estimate of drug-likeness (QED) is 0.428. The van der Waals surface area contributed by atoms with Gasteiger partial charge in [0.2, 0.25) is 5.82 Å². The molecule has 124 valence electrons. The molecule has 0 aromatic carbocycles. The summed E-state index contributed by atoms with van der Waals surface area (Å²) in [7, 11) is 1.55. The Labute approximate surface area is 124 Å². The first-order valence-electron chi connectivity index (χ1n) is 6.34. The average molecular weight is 320 g/mol. The van der Waals surface area contributed by atoms with Crippen LogP contribution in [0.1, 0.15) is 0 Å². The molecule has 0 aliphatic rings. The minimum absolute atomic E-state index is 0.187. The number of carbonyl (C=O) groups excluding carboxylic acids is 1. The summed E-state index contributed by atoms with van der Waals surface area (Å²) >= 11 is 0. The molecule has 9 nitrogen and oxygen atoms in total. The molecule has 0 unspecified atom stereocenters. The molecule has 0 saturated heterocycles. The molecule has 1 heterocycles. The van der Waals surface area contributed by atoms with Crippen molar-refractivity contribution in [3.63, 3.8) is 0 Å². The molecular weight excluding hydrogens is 303 g/mol.